The van der Waals surface area contributed by atoms with Gasteiger partial charge in [-0.2, -0.15) is 0 Å². The molecule has 2 N–H and O–H groups in total. The number of aromatic nitrogens is 3. The summed E-state index contributed by atoms with van der Waals surface area (Å²) < 4.78 is 3.21. The van der Waals surface area contributed by atoms with Crippen molar-refractivity contribution in [3.8, 4) is 0 Å². The topological polar surface area (TPSA) is 71.8 Å². The van der Waals surface area contributed by atoms with Gasteiger partial charge in [0.25, 0.3) is 0 Å². The van der Waals surface area contributed by atoms with Gasteiger partial charge in [-0.1, -0.05) is 0 Å². The van der Waals surface area contributed by atoms with Crippen LogP contribution in [0.2, 0.25) is 0 Å². The molecule has 0 saturated carbocycles. The Morgan fingerprint density at radius 3 is 2.90 bits per heavy atom. The van der Waals surface area contributed by atoms with Crippen LogP contribution in [0.4, 0.5) is 10.5 Å². The molecule has 0 aliphatic carbocycles. The molecule has 0 atom stereocenters. The SMILES string of the molecule is O=C(NCc1nnc2n1CCC2)Nc1ccc(I)cc1. The maximum absolute atomic E-state index is 11.8. The molecule has 20 heavy (non-hydrogen) atoms. The normalized spacial score (nSPS) is 13.1. The lowest BCUT2D eigenvalue weighted by Crippen LogP contribution is -2.29. The Morgan fingerprint density at radius 2 is 2.10 bits per heavy atom. The van der Waals surface area contributed by atoms with Crippen LogP contribution in [0.5, 0.6) is 0 Å². The van der Waals surface area contributed by atoms with E-state index in [0.29, 0.717) is 6.54 Å². The van der Waals surface area contributed by atoms with Crippen LogP contribution in [-0.4, -0.2) is 20.8 Å². The molecule has 6 nitrogen and oxygen atoms in total. The van der Waals surface area contributed by atoms with Crippen molar-refractivity contribution in [1.82, 2.24) is 20.1 Å². The molecule has 1 aliphatic rings. The molecule has 1 aromatic carbocycles. The van der Waals surface area contributed by atoms with Crippen molar-refractivity contribution in [3.63, 3.8) is 0 Å². The molecule has 3 rings (SSSR count). The van der Waals surface area contributed by atoms with Crippen molar-refractivity contribution in [1.29, 1.82) is 0 Å². The lowest BCUT2D eigenvalue weighted by atomic mass is 10.3. The summed E-state index contributed by atoms with van der Waals surface area (Å²) in [6.45, 7) is 1.33. The molecular weight excluding hydrogens is 369 g/mol. The van der Waals surface area contributed by atoms with Crippen LogP contribution >= 0.6 is 22.6 Å². The number of halogens is 1. The lowest BCUT2D eigenvalue weighted by molar-refractivity contribution is 0.251. The fourth-order valence-corrected chi connectivity index (χ4v) is 2.57. The van der Waals surface area contributed by atoms with Crippen molar-refractivity contribution >= 4 is 34.3 Å². The van der Waals surface area contributed by atoms with Gasteiger partial charge in [-0.3, -0.25) is 0 Å². The number of hydrogen-bond donors (Lipinski definition) is 2. The van der Waals surface area contributed by atoms with Crippen LogP contribution in [0.1, 0.15) is 18.1 Å². The van der Waals surface area contributed by atoms with Crippen LogP contribution < -0.4 is 10.6 Å². The number of anilines is 1. The highest BCUT2D eigenvalue weighted by Gasteiger charge is 2.17. The maximum atomic E-state index is 11.8. The minimum absolute atomic E-state index is 0.235. The van der Waals surface area contributed by atoms with Gasteiger partial charge in [0.05, 0.1) is 6.54 Å². The monoisotopic (exact) mass is 383 g/mol. The maximum Gasteiger partial charge on any atom is 0.319 e. The summed E-state index contributed by atoms with van der Waals surface area (Å²) in [5.74, 6) is 1.83. The smallest absolute Gasteiger partial charge is 0.319 e. The first-order chi connectivity index (χ1) is 9.72. The van der Waals surface area contributed by atoms with Crippen molar-refractivity contribution in [2.75, 3.05) is 5.32 Å². The summed E-state index contributed by atoms with van der Waals surface area (Å²) >= 11 is 2.22. The van der Waals surface area contributed by atoms with E-state index in [4.69, 9.17) is 0 Å². The van der Waals surface area contributed by atoms with Crippen molar-refractivity contribution in [2.24, 2.45) is 0 Å². The predicted octanol–water partition coefficient (Wildman–Crippen LogP) is 2.15. The Morgan fingerprint density at radius 1 is 1.30 bits per heavy atom. The van der Waals surface area contributed by atoms with Gasteiger partial charge in [-0.25, -0.2) is 4.79 Å². The van der Waals surface area contributed by atoms with Crippen LogP contribution in [-0.2, 0) is 19.5 Å². The van der Waals surface area contributed by atoms with E-state index in [1.165, 1.54) is 0 Å². The summed E-state index contributed by atoms with van der Waals surface area (Å²) in [7, 11) is 0. The molecule has 2 aromatic rings. The van der Waals surface area contributed by atoms with Crippen molar-refractivity contribution in [2.45, 2.75) is 25.9 Å². The van der Waals surface area contributed by atoms with E-state index in [0.717, 1.165) is 40.3 Å². The van der Waals surface area contributed by atoms with E-state index >= 15 is 0 Å². The van der Waals surface area contributed by atoms with Gasteiger partial charge in [0, 0.05) is 22.2 Å². The Kier molecular flexibility index (Phi) is 3.86. The third-order valence-electron chi connectivity index (χ3n) is 3.20. The van der Waals surface area contributed by atoms with Gasteiger partial charge in [-0.05, 0) is 53.3 Å². The van der Waals surface area contributed by atoms with Gasteiger partial charge >= 0.3 is 6.03 Å². The highest BCUT2D eigenvalue weighted by molar-refractivity contribution is 14.1. The predicted molar refractivity (Wildman–Crippen MR) is 83.4 cm³/mol. The van der Waals surface area contributed by atoms with Crippen molar-refractivity contribution < 1.29 is 4.79 Å². The molecule has 1 aromatic heterocycles. The fourth-order valence-electron chi connectivity index (χ4n) is 2.21. The van der Waals surface area contributed by atoms with Gasteiger partial charge in [0.1, 0.15) is 5.82 Å². The summed E-state index contributed by atoms with van der Waals surface area (Å²) in [6.07, 6.45) is 2.08. The molecule has 0 bridgehead atoms. The van der Waals surface area contributed by atoms with E-state index in [1.54, 1.807) is 0 Å². The number of carbonyl (C=O) groups is 1. The molecule has 104 valence electrons. The number of carbonyl (C=O) groups excluding carboxylic acids is 1. The highest BCUT2D eigenvalue weighted by Crippen LogP contribution is 2.14. The average molecular weight is 383 g/mol. The zero-order valence-electron chi connectivity index (χ0n) is 10.8. The number of fused-ring (bicyclic) bond motifs is 1. The lowest BCUT2D eigenvalue weighted by Gasteiger charge is -2.08. The third-order valence-corrected chi connectivity index (χ3v) is 3.91. The zero-order valence-corrected chi connectivity index (χ0v) is 12.9. The van der Waals surface area contributed by atoms with Gasteiger partial charge in [0.2, 0.25) is 0 Å². The molecule has 1 aliphatic heterocycles. The molecule has 0 saturated heterocycles. The Hall–Kier alpha value is -1.64. The number of benzene rings is 1. The zero-order chi connectivity index (χ0) is 13.9. The summed E-state index contributed by atoms with van der Waals surface area (Å²) in [5, 5.41) is 13.8. The van der Waals surface area contributed by atoms with E-state index in [1.807, 2.05) is 24.3 Å². The quantitative estimate of drug-likeness (QED) is 0.798. The van der Waals surface area contributed by atoms with Gasteiger partial charge in [0.15, 0.2) is 5.82 Å². The minimum Gasteiger partial charge on any atom is -0.331 e. The van der Waals surface area contributed by atoms with Gasteiger partial charge < -0.3 is 15.2 Å². The Bertz CT molecular complexity index is 622. The number of nitrogens with zero attached hydrogens (tertiary/aromatic N) is 3. The fraction of sp³-hybridized carbons (Fsp3) is 0.308. The van der Waals surface area contributed by atoms with E-state index < -0.39 is 0 Å². The van der Waals surface area contributed by atoms with Crippen LogP contribution in [0.3, 0.4) is 0 Å². The number of aryl methyl sites for hydroxylation is 1. The molecule has 0 unspecified atom stereocenters. The molecule has 7 heteroatoms. The van der Waals surface area contributed by atoms with Crippen molar-refractivity contribution in [3.05, 3.63) is 39.5 Å². The molecule has 0 fully saturated rings. The molecule has 0 radical (unpaired) electrons. The molecular formula is C13H14IN5O. The first-order valence-electron chi connectivity index (χ1n) is 6.44. The van der Waals surface area contributed by atoms with E-state index in [2.05, 4.69) is 48.0 Å². The first-order valence-corrected chi connectivity index (χ1v) is 7.51. The van der Waals surface area contributed by atoms with Crippen LogP contribution in [0, 0.1) is 3.57 Å². The number of amides is 2. The second-order valence-electron chi connectivity index (χ2n) is 4.60. The largest absolute Gasteiger partial charge is 0.331 e. The summed E-state index contributed by atoms with van der Waals surface area (Å²) in [4.78, 5) is 11.8. The first kappa shape index (κ1) is 13.3. The van der Waals surface area contributed by atoms with Crippen LogP contribution in [0.25, 0.3) is 0 Å². The Balaban J connectivity index is 1.55. The number of hydrogen-bond acceptors (Lipinski definition) is 3. The number of urea groups is 1. The summed E-state index contributed by atoms with van der Waals surface area (Å²) in [6, 6.07) is 7.40. The molecule has 2 amide bonds. The second kappa shape index (κ2) is 5.78. The van der Waals surface area contributed by atoms with Gasteiger partial charge in [-0.15, -0.1) is 10.2 Å². The Labute approximate surface area is 130 Å². The molecule has 0 spiro atoms. The molecule has 2 heterocycles. The summed E-state index contributed by atoms with van der Waals surface area (Å²) in [5.41, 5.74) is 0.773. The average Bonchev–Trinajstić information content (AvgIpc) is 3.02. The van der Waals surface area contributed by atoms with Crippen LogP contribution in [0.15, 0.2) is 24.3 Å². The second-order valence-corrected chi connectivity index (χ2v) is 5.85. The number of rotatable bonds is 3. The highest BCUT2D eigenvalue weighted by atomic mass is 127. The third kappa shape index (κ3) is 2.92. The number of nitrogens with one attached hydrogen (secondary N) is 2. The standard InChI is InChI=1S/C13H14IN5O/c14-9-3-5-10(6-4-9)16-13(20)15-8-12-18-17-11-2-1-7-19(11)12/h3-6H,1-2,7-8H2,(H2,15,16,20). The minimum atomic E-state index is -0.235. The van der Waals surface area contributed by atoms with E-state index in [-0.39, 0.29) is 6.03 Å². The van der Waals surface area contributed by atoms with E-state index in [9.17, 15) is 4.79 Å².